The summed E-state index contributed by atoms with van der Waals surface area (Å²) in [5.41, 5.74) is 9.42. The number of nitrogens with one attached hydrogen (secondary N) is 1. The molecule has 1 unspecified atom stereocenters. The van der Waals surface area contributed by atoms with E-state index in [1.807, 2.05) is 0 Å². The summed E-state index contributed by atoms with van der Waals surface area (Å²) in [7, 11) is -4.18. The highest BCUT2D eigenvalue weighted by Gasteiger charge is 2.35. The molecule has 174 valence electrons. The summed E-state index contributed by atoms with van der Waals surface area (Å²) in [6.07, 6.45) is -3.96. The second kappa shape index (κ2) is 9.06. The van der Waals surface area contributed by atoms with E-state index in [0.717, 1.165) is 42.0 Å². The highest BCUT2D eigenvalue weighted by molar-refractivity contribution is 7.85. The first kappa shape index (κ1) is 24.0. The molecule has 0 aliphatic carbocycles. The van der Waals surface area contributed by atoms with Gasteiger partial charge in [0.25, 0.3) is 10.1 Å². The summed E-state index contributed by atoms with van der Waals surface area (Å²) >= 11 is 0. The van der Waals surface area contributed by atoms with Gasteiger partial charge in [-0.1, -0.05) is 12.1 Å². The van der Waals surface area contributed by atoms with Gasteiger partial charge in [0.2, 0.25) is 0 Å². The lowest BCUT2D eigenvalue weighted by Gasteiger charge is -2.20. The second-order valence-corrected chi connectivity index (χ2v) is 8.74. The Hall–Kier alpha value is -2.67. The summed E-state index contributed by atoms with van der Waals surface area (Å²) in [5, 5.41) is 3.45. The van der Waals surface area contributed by atoms with Gasteiger partial charge < -0.3 is 15.9 Å². The first-order chi connectivity index (χ1) is 14.9. The highest BCUT2D eigenvalue weighted by Crippen LogP contribution is 2.39. The van der Waals surface area contributed by atoms with Crippen LogP contribution in [0.5, 0.6) is 5.75 Å². The maximum Gasteiger partial charge on any atom is 0.470 e. The van der Waals surface area contributed by atoms with Crippen LogP contribution in [-0.2, 0) is 32.8 Å². The van der Waals surface area contributed by atoms with Crippen LogP contribution in [0.1, 0.15) is 33.7 Å². The predicted molar refractivity (Wildman–Crippen MR) is 107 cm³/mol. The molecule has 2 heterocycles. The van der Waals surface area contributed by atoms with E-state index in [0.29, 0.717) is 6.61 Å². The van der Waals surface area contributed by atoms with Crippen molar-refractivity contribution in [3.63, 3.8) is 0 Å². The van der Waals surface area contributed by atoms with Gasteiger partial charge in [-0.3, -0.25) is 9.35 Å². The van der Waals surface area contributed by atoms with E-state index in [-0.39, 0.29) is 10.8 Å². The molecular weight excluding hydrogens is 453 g/mol. The fraction of sp³-hybridized carbons (Fsp3) is 0.350. The minimum absolute atomic E-state index is 0.0926. The summed E-state index contributed by atoms with van der Waals surface area (Å²) < 4.78 is 63.8. The van der Waals surface area contributed by atoms with Crippen LogP contribution in [0.25, 0.3) is 0 Å². The van der Waals surface area contributed by atoms with Crippen LogP contribution in [-0.4, -0.2) is 38.1 Å². The molecule has 12 heteroatoms. The number of rotatable bonds is 2. The quantitative estimate of drug-likeness (QED) is 0.450. The molecule has 0 aromatic heterocycles. The minimum atomic E-state index is -4.86. The Morgan fingerprint density at radius 1 is 1.25 bits per heavy atom. The van der Waals surface area contributed by atoms with Crippen LogP contribution in [0.15, 0.2) is 35.2 Å². The molecule has 0 bridgehead atoms. The number of amides is 1. The SMILES string of the molecule is Cc1c2c(cc3c1OOC3)C(c1ccc(S(=O)(=O)O)cc1)CNCC2.NC(=O)C(F)(F)F. The van der Waals surface area contributed by atoms with Crippen molar-refractivity contribution in [1.29, 1.82) is 0 Å². The van der Waals surface area contributed by atoms with E-state index in [4.69, 9.17) is 19.1 Å². The lowest BCUT2D eigenvalue weighted by molar-refractivity contribution is -0.194. The smallest absolute Gasteiger partial charge is 0.362 e. The van der Waals surface area contributed by atoms with Gasteiger partial charge in [-0.05, 0) is 60.3 Å². The summed E-state index contributed by atoms with van der Waals surface area (Å²) in [6.45, 7) is 4.12. The zero-order valence-corrected chi connectivity index (χ0v) is 17.7. The standard InChI is InChI=1S/C18H19NO5S.C2H2F3NO/c1-11-15-6-7-19-9-17(16(15)8-13-10-23-24-18(11)13)12-2-4-14(5-3-12)25(20,21)22;3-2(4,5)1(6)7/h2-5,8,17,19H,6-7,9-10H2,1H3,(H,20,21,22);(H2,6,7). The number of alkyl halides is 3. The number of nitrogens with two attached hydrogens (primary N) is 1. The van der Waals surface area contributed by atoms with E-state index < -0.39 is 22.2 Å². The molecule has 2 aromatic carbocycles. The fourth-order valence-corrected chi connectivity index (χ4v) is 4.17. The van der Waals surface area contributed by atoms with Crippen molar-refractivity contribution < 1.29 is 40.7 Å². The van der Waals surface area contributed by atoms with Gasteiger partial charge in [0.15, 0.2) is 5.75 Å². The number of primary amides is 1. The number of hydrogen-bond donors (Lipinski definition) is 3. The van der Waals surface area contributed by atoms with Gasteiger partial charge in [0.05, 0.1) is 4.90 Å². The second-order valence-electron chi connectivity index (χ2n) is 7.32. The molecule has 2 aliphatic rings. The number of carbonyl (C=O) groups is 1. The Balaban J connectivity index is 0.000000360. The normalized spacial score (nSPS) is 17.8. The zero-order chi connectivity index (χ0) is 23.7. The van der Waals surface area contributed by atoms with Crippen LogP contribution < -0.4 is 15.9 Å². The van der Waals surface area contributed by atoms with Crippen molar-refractivity contribution in [3.05, 3.63) is 58.1 Å². The molecule has 32 heavy (non-hydrogen) atoms. The van der Waals surface area contributed by atoms with Crippen molar-refractivity contribution in [1.82, 2.24) is 5.32 Å². The van der Waals surface area contributed by atoms with E-state index in [2.05, 4.69) is 24.0 Å². The molecule has 0 radical (unpaired) electrons. The third kappa shape index (κ3) is 5.21. The largest absolute Gasteiger partial charge is 0.470 e. The first-order valence-corrected chi connectivity index (χ1v) is 10.9. The summed E-state index contributed by atoms with van der Waals surface area (Å²) in [5.74, 6) is -1.34. The zero-order valence-electron chi connectivity index (χ0n) is 16.9. The molecular formula is C20H21F3N2O6S. The summed E-state index contributed by atoms with van der Waals surface area (Å²) in [6, 6.07) is 8.56. The molecule has 0 fully saturated rings. The molecule has 1 atom stereocenters. The van der Waals surface area contributed by atoms with Crippen LogP contribution in [0.3, 0.4) is 0 Å². The van der Waals surface area contributed by atoms with Gasteiger partial charge >= 0.3 is 12.1 Å². The lowest BCUT2D eigenvalue weighted by atomic mass is 9.85. The highest BCUT2D eigenvalue weighted by atomic mass is 32.2. The predicted octanol–water partition coefficient (Wildman–Crippen LogP) is 2.38. The topological polar surface area (TPSA) is 128 Å². The van der Waals surface area contributed by atoms with E-state index >= 15 is 0 Å². The molecule has 4 N–H and O–H groups in total. The van der Waals surface area contributed by atoms with Gasteiger partial charge in [-0.15, -0.1) is 0 Å². The maximum absolute atomic E-state index is 11.3. The Bertz CT molecular complexity index is 1120. The van der Waals surface area contributed by atoms with Gasteiger partial charge in [-0.2, -0.15) is 26.5 Å². The van der Waals surface area contributed by atoms with E-state index in [9.17, 15) is 21.6 Å². The van der Waals surface area contributed by atoms with Crippen LogP contribution in [0.4, 0.5) is 13.2 Å². The van der Waals surface area contributed by atoms with Gasteiger partial charge in [0, 0.05) is 18.0 Å². The van der Waals surface area contributed by atoms with Crippen molar-refractivity contribution in [2.24, 2.45) is 5.73 Å². The average molecular weight is 474 g/mol. The number of carbonyl (C=O) groups excluding carboxylic acids is 1. The summed E-state index contributed by atoms with van der Waals surface area (Å²) in [4.78, 5) is 19.5. The molecule has 0 saturated heterocycles. The first-order valence-electron chi connectivity index (χ1n) is 9.49. The molecule has 2 aromatic rings. The van der Waals surface area contributed by atoms with Crippen molar-refractivity contribution in [3.8, 4) is 5.75 Å². The third-order valence-electron chi connectivity index (χ3n) is 5.26. The van der Waals surface area contributed by atoms with E-state index in [1.54, 1.807) is 12.1 Å². The molecule has 8 nitrogen and oxygen atoms in total. The minimum Gasteiger partial charge on any atom is -0.362 e. The van der Waals surface area contributed by atoms with Crippen molar-refractivity contribution >= 4 is 16.0 Å². The van der Waals surface area contributed by atoms with Gasteiger partial charge in [-0.25, -0.2) is 0 Å². The Kier molecular flexibility index (Phi) is 6.79. The number of halogens is 3. The lowest BCUT2D eigenvalue weighted by Crippen LogP contribution is -2.30. The number of hydrogen-bond acceptors (Lipinski definition) is 6. The number of benzene rings is 2. The fourth-order valence-electron chi connectivity index (χ4n) is 3.69. The Morgan fingerprint density at radius 2 is 1.88 bits per heavy atom. The third-order valence-corrected chi connectivity index (χ3v) is 6.12. The van der Waals surface area contributed by atoms with Crippen molar-refractivity contribution in [2.75, 3.05) is 13.1 Å². The molecule has 0 saturated carbocycles. The van der Waals surface area contributed by atoms with Crippen molar-refractivity contribution in [2.45, 2.75) is 36.9 Å². The Morgan fingerprint density at radius 3 is 2.44 bits per heavy atom. The Labute approximate surface area is 182 Å². The van der Waals surface area contributed by atoms with Crippen LogP contribution in [0, 0.1) is 6.92 Å². The molecule has 1 amide bonds. The molecule has 0 spiro atoms. The van der Waals surface area contributed by atoms with Gasteiger partial charge in [0.1, 0.15) is 6.61 Å². The van der Waals surface area contributed by atoms with Crippen LogP contribution in [0.2, 0.25) is 0 Å². The number of fused-ring (bicyclic) bond motifs is 2. The molecule has 2 aliphatic heterocycles. The monoisotopic (exact) mass is 474 g/mol. The van der Waals surface area contributed by atoms with Crippen LogP contribution >= 0.6 is 0 Å². The van der Waals surface area contributed by atoms with E-state index in [1.165, 1.54) is 23.3 Å². The molecule has 4 rings (SSSR count). The average Bonchev–Trinajstić information content (AvgIpc) is 3.07. The maximum atomic E-state index is 11.3.